The summed E-state index contributed by atoms with van der Waals surface area (Å²) in [6.07, 6.45) is 4.87. The van der Waals surface area contributed by atoms with E-state index >= 15 is 0 Å². The van der Waals surface area contributed by atoms with E-state index in [1.165, 1.54) is 12.2 Å². The highest BCUT2D eigenvalue weighted by Gasteiger charge is 2.15. The maximum Gasteiger partial charge on any atom is 0.330 e. The van der Waals surface area contributed by atoms with Gasteiger partial charge in [-0.05, 0) is 32.3 Å². The number of carbonyl (C=O) groups is 1. The lowest BCUT2D eigenvalue weighted by Crippen LogP contribution is -2.24. The number of aliphatic hydroxyl groups excluding tert-OH is 2. The van der Waals surface area contributed by atoms with Crippen molar-refractivity contribution in [3.05, 3.63) is 12.2 Å². The molecule has 4 heteroatoms. The summed E-state index contributed by atoms with van der Waals surface area (Å²) < 4.78 is 5.09. The normalized spacial score (nSPS) is 35.7. The van der Waals surface area contributed by atoms with Crippen LogP contribution in [0.15, 0.2) is 12.2 Å². The van der Waals surface area contributed by atoms with Crippen LogP contribution in [-0.4, -0.2) is 34.5 Å². The number of aliphatic hydroxyl groups is 2. The van der Waals surface area contributed by atoms with Gasteiger partial charge in [0.1, 0.15) is 0 Å². The molecule has 0 aromatic rings. The first-order valence-electron chi connectivity index (χ1n) is 5.84. The number of hydrogen-bond donors (Lipinski definition) is 2. The zero-order valence-corrected chi connectivity index (χ0v) is 9.63. The fourth-order valence-electron chi connectivity index (χ4n) is 1.73. The quantitative estimate of drug-likeness (QED) is 0.611. The molecule has 1 aliphatic rings. The van der Waals surface area contributed by atoms with Crippen molar-refractivity contribution in [3.8, 4) is 0 Å². The van der Waals surface area contributed by atoms with Gasteiger partial charge < -0.3 is 14.9 Å². The standard InChI is InChI=1S/C12H20O4/c1-9-5-3-2-4-6-10(13)11(14)7-8-12(15)16-9/h7-11,13-14H,2-6H2,1H3/b8-7-/t9-,10+,11-/m0/s1. The summed E-state index contributed by atoms with van der Waals surface area (Å²) in [6.45, 7) is 1.86. The highest BCUT2D eigenvalue weighted by Crippen LogP contribution is 2.13. The highest BCUT2D eigenvalue weighted by atomic mass is 16.5. The van der Waals surface area contributed by atoms with Gasteiger partial charge in [0, 0.05) is 6.08 Å². The van der Waals surface area contributed by atoms with Crippen LogP contribution in [0.25, 0.3) is 0 Å². The summed E-state index contributed by atoms with van der Waals surface area (Å²) in [4.78, 5) is 11.3. The third kappa shape index (κ3) is 4.77. The van der Waals surface area contributed by atoms with Crippen LogP contribution in [0.5, 0.6) is 0 Å². The first kappa shape index (κ1) is 13.2. The van der Waals surface area contributed by atoms with E-state index in [0.29, 0.717) is 6.42 Å². The van der Waals surface area contributed by atoms with Crippen molar-refractivity contribution in [2.75, 3.05) is 0 Å². The van der Waals surface area contributed by atoms with Crippen molar-refractivity contribution in [2.45, 2.75) is 57.3 Å². The molecule has 16 heavy (non-hydrogen) atoms. The third-order valence-corrected chi connectivity index (χ3v) is 2.75. The molecule has 4 nitrogen and oxygen atoms in total. The van der Waals surface area contributed by atoms with Crippen LogP contribution in [0.1, 0.15) is 39.0 Å². The zero-order chi connectivity index (χ0) is 12.0. The van der Waals surface area contributed by atoms with E-state index in [4.69, 9.17) is 4.74 Å². The third-order valence-electron chi connectivity index (χ3n) is 2.75. The van der Waals surface area contributed by atoms with Crippen molar-refractivity contribution in [2.24, 2.45) is 0 Å². The van der Waals surface area contributed by atoms with Crippen molar-refractivity contribution in [3.63, 3.8) is 0 Å². The Morgan fingerprint density at radius 3 is 2.69 bits per heavy atom. The minimum Gasteiger partial charge on any atom is -0.460 e. The van der Waals surface area contributed by atoms with Crippen LogP contribution in [0.4, 0.5) is 0 Å². The Morgan fingerprint density at radius 2 is 1.94 bits per heavy atom. The Kier molecular flexibility index (Phi) is 5.49. The Labute approximate surface area is 95.9 Å². The fourth-order valence-corrected chi connectivity index (χ4v) is 1.73. The molecule has 0 spiro atoms. The summed E-state index contributed by atoms with van der Waals surface area (Å²) in [5.41, 5.74) is 0. The largest absolute Gasteiger partial charge is 0.460 e. The molecule has 0 amide bonds. The van der Waals surface area contributed by atoms with E-state index in [1.54, 1.807) is 0 Å². The van der Waals surface area contributed by atoms with Crippen LogP contribution in [0.2, 0.25) is 0 Å². The molecule has 0 unspecified atom stereocenters. The molecule has 0 aliphatic carbocycles. The van der Waals surface area contributed by atoms with E-state index < -0.39 is 18.2 Å². The van der Waals surface area contributed by atoms with Crippen LogP contribution in [-0.2, 0) is 9.53 Å². The smallest absolute Gasteiger partial charge is 0.330 e. The van der Waals surface area contributed by atoms with E-state index in [2.05, 4.69) is 0 Å². The molecule has 0 aromatic carbocycles. The van der Waals surface area contributed by atoms with Gasteiger partial charge in [0.25, 0.3) is 0 Å². The summed E-state index contributed by atoms with van der Waals surface area (Å²) in [7, 11) is 0. The van der Waals surface area contributed by atoms with Crippen LogP contribution >= 0.6 is 0 Å². The lowest BCUT2D eigenvalue weighted by atomic mass is 10.0. The average Bonchev–Trinajstić information content (AvgIpc) is 2.23. The molecular formula is C12H20O4. The minimum atomic E-state index is -0.984. The molecule has 1 rings (SSSR count). The van der Waals surface area contributed by atoms with E-state index in [1.807, 2.05) is 6.92 Å². The van der Waals surface area contributed by atoms with Gasteiger partial charge in [0.15, 0.2) is 0 Å². The first-order valence-corrected chi connectivity index (χ1v) is 5.84. The Hall–Kier alpha value is -0.870. The second kappa shape index (κ2) is 6.66. The summed E-state index contributed by atoms with van der Waals surface area (Å²) in [5, 5.41) is 19.0. The van der Waals surface area contributed by atoms with Gasteiger partial charge in [-0.3, -0.25) is 0 Å². The molecule has 0 saturated carbocycles. The maximum absolute atomic E-state index is 11.3. The molecule has 1 aliphatic heterocycles. The van der Waals surface area contributed by atoms with Gasteiger partial charge in [-0.2, -0.15) is 0 Å². The lowest BCUT2D eigenvalue weighted by molar-refractivity contribution is -0.142. The topological polar surface area (TPSA) is 66.8 Å². The van der Waals surface area contributed by atoms with Gasteiger partial charge in [0.05, 0.1) is 18.3 Å². The molecule has 1 heterocycles. The van der Waals surface area contributed by atoms with Gasteiger partial charge in [-0.25, -0.2) is 4.79 Å². The number of rotatable bonds is 0. The maximum atomic E-state index is 11.3. The summed E-state index contributed by atoms with van der Waals surface area (Å²) >= 11 is 0. The number of ether oxygens (including phenoxy) is 1. The van der Waals surface area contributed by atoms with Crippen molar-refractivity contribution in [1.29, 1.82) is 0 Å². The number of esters is 1. The second-order valence-electron chi connectivity index (χ2n) is 4.30. The Balaban J connectivity index is 2.58. The SMILES string of the molecule is C[C@H]1CCCCC[C@@H](O)[C@@H](O)/C=C\C(=O)O1. The fraction of sp³-hybridized carbons (Fsp3) is 0.750. The number of hydrogen-bond acceptors (Lipinski definition) is 4. The Morgan fingerprint density at radius 1 is 1.25 bits per heavy atom. The van der Waals surface area contributed by atoms with Gasteiger partial charge in [-0.1, -0.05) is 12.8 Å². The van der Waals surface area contributed by atoms with Crippen molar-refractivity contribution < 1.29 is 19.7 Å². The van der Waals surface area contributed by atoms with Crippen molar-refractivity contribution in [1.82, 2.24) is 0 Å². The minimum absolute atomic E-state index is 0.0846. The molecule has 0 fully saturated rings. The number of carbonyl (C=O) groups excluding carboxylic acids is 1. The molecule has 2 N–H and O–H groups in total. The molecule has 92 valence electrons. The van der Waals surface area contributed by atoms with E-state index in [9.17, 15) is 15.0 Å². The van der Waals surface area contributed by atoms with Crippen LogP contribution in [0, 0.1) is 0 Å². The average molecular weight is 228 g/mol. The van der Waals surface area contributed by atoms with Crippen LogP contribution < -0.4 is 0 Å². The Bertz CT molecular complexity index is 249. The molecule has 0 saturated heterocycles. The van der Waals surface area contributed by atoms with E-state index in [0.717, 1.165) is 25.7 Å². The predicted octanol–water partition coefficient (Wildman–Crippen LogP) is 1.16. The van der Waals surface area contributed by atoms with Crippen molar-refractivity contribution >= 4 is 5.97 Å². The summed E-state index contributed by atoms with van der Waals surface area (Å²) in [5.74, 6) is -0.459. The monoisotopic (exact) mass is 228 g/mol. The second-order valence-corrected chi connectivity index (χ2v) is 4.30. The van der Waals surface area contributed by atoms with Gasteiger partial charge in [-0.15, -0.1) is 0 Å². The molecule has 0 aromatic heterocycles. The molecule has 0 bridgehead atoms. The molecular weight excluding hydrogens is 208 g/mol. The van der Waals surface area contributed by atoms with Gasteiger partial charge >= 0.3 is 5.97 Å². The first-order chi connectivity index (χ1) is 7.59. The lowest BCUT2D eigenvalue weighted by Gasteiger charge is -2.16. The van der Waals surface area contributed by atoms with E-state index in [-0.39, 0.29) is 6.10 Å². The molecule has 3 atom stereocenters. The molecule has 0 radical (unpaired) electrons. The zero-order valence-electron chi connectivity index (χ0n) is 9.63. The predicted molar refractivity (Wildman–Crippen MR) is 59.8 cm³/mol. The summed E-state index contributed by atoms with van der Waals surface area (Å²) in [6, 6.07) is 0. The highest BCUT2D eigenvalue weighted by molar-refractivity contribution is 5.82. The van der Waals surface area contributed by atoms with Crippen LogP contribution in [0.3, 0.4) is 0 Å². The number of cyclic esters (lactones) is 1. The van der Waals surface area contributed by atoms with Gasteiger partial charge in [0.2, 0.25) is 0 Å².